The van der Waals surface area contributed by atoms with Crippen LogP contribution in [0.15, 0.2) is 35.6 Å². The summed E-state index contributed by atoms with van der Waals surface area (Å²) in [6, 6.07) is 8.23. The summed E-state index contributed by atoms with van der Waals surface area (Å²) in [6.45, 7) is 8.19. The molecule has 3 heteroatoms. The van der Waals surface area contributed by atoms with Gasteiger partial charge in [0.25, 0.3) is 0 Å². The molecule has 0 bridgehead atoms. The van der Waals surface area contributed by atoms with E-state index in [9.17, 15) is 4.79 Å². The van der Waals surface area contributed by atoms with E-state index in [0.29, 0.717) is 12.0 Å². The minimum Gasteiger partial charge on any atom is -0.489 e. The van der Waals surface area contributed by atoms with Gasteiger partial charge < -0.3 is 9.47 Å². The molecular weight excluding hydrogens is 252 g/mol. The fourth-order valence-electron chi connectivity index (χ4n) is 2.43. The zero-order chi connectivity index (χ0) is 14.9. The van der Waals surface area contributed by atoms with Gasteiger partial charge in [0.1, 0.15) is 11.9 Å². The molecule has 1 aromatic rings. The fourth-order valence-corrected chi connectivity index (χ4v) is 2.43. The van der Waals surface area contributed by atoms with Crippen molar-refractivity contribution in [3.05, 3.63) is 46.7 Å². The number of rotatable bonds is 2. The molecule has 1 atom stereocenters. The molecule has 0 spiro atoms. The van der Waals surface area contributed by atoms with Crippen LogP contribution in [0, 0.1) is 12.3 Å². The third kappa shape index (κ3) is 2.87. The van der Waals surface area contributed by atoms with Gasteiger partial charge in [-0.2, -0.15) is 0 Å². The Labute approximate surface area is 120 Å². The van der Waals surface area contributed by atoms with Crippen LogP contribution >= 0.6 is 0 Å². The highest BCUT2D eigenvalue weighted by atomic mass is 16.5. The highest BCUT2D eigenvalue weighted by Crippen LogP contribution is 2.43. The summed E-state index contributed by atoms with van der Waals surface area (Å²) in [5, 5.41) is 0. The Balaban J connectivity index is 2.29. The molecule has 0 saturated carbocycles. The molecule has 0 amide bonds. The third-order valence-corrected chi connectivity index (χ3v) is 3.49. The zero-order valence-corrected chi connectivity index (χ0v) is 12.8. The SMILES string of the molecule is COC(=O)C1=C(C(C)(C)C)OC(c2ccc(C)cc2)C1. The average Bonchev–Trinajstić information content (AvgIpc) is 2.83. The van der Waals surface area contributed by atoms with Crippen molar-refractivity contribution < 1.29 is 14.3 Å². The topological polar surface area (TPSA) is 35.5 Å². The van der Waals surface area contributed by atoms with Gasteiger partial charge in [-0.05, 0) is 12.5 Å². The number of ether oxygens (including phenoxy) is 2. The van der Waals surface area contributed by atoms with Crippen LogP contribution in [0.4, 0.5) is 0 Å². The van der Waals surface area contributed by atoms with E-state index in [1.807, 2.05) is 20.8 Å². The summed E-state index contributed by atoms with van der Waals surface area (Å²) in [5.74, 6) is 0.458. The van der Waals surface area contributed by atoms with Gasteiger partial charge in [-0.15, -0.1) is 0 Å². The first kappa shape index (κ1) is 14.6. The average molecular weight is 274 g/mol. The maximum atomic E-state index is 11.9. The van der Waals surface area contributed by atoms with Crippen LogP contribution in [0.1, 0.15) is 44.4 Å². The molecule has 20 heavy (non-hydrogen) atoms. The van der Waals surface area contributed by atoms with E-state index in [1.165, 1.54) is 12.7 Å². The van der Waals surface area contributed by atoms with Crippen LogP contribution in [-0.2, 0) is 14.3 Å². The predicted molar refractivity (Wildman–Crippen MR) is 78.1 cm³/mol. The monoisotopic (exact) mass is 274 g/mol. The van der Waals surface area contributed by atoms with Crippen molar-refractivity contribution in [3.63, 3.8) is 0 Å². The smallest absolute Gasteiger partial charge is 0.337 e. The number of benzene rings is 1. The Morgan fingerprint density at radius 3 is 2.35 bits per heavy atom. The van der Waals surface area contributed by atoms with Crippen molar-refractivity contribution in [3.8, 4) is 0 Å². The molecule has 1 heterocycles. The second-order valence-corrected chi connectivity index (χ2v) is 6.27. The third-order valence-electron chi connectivity index (χ3n) is 3.49. The van der Waals surface area contributed by atoms with Crippen LogP contribution < -0.4 is 0 Å². The van der Waals surface area contributed by atoms with Crippen LogP contribution in [0.3, 0.4) is 0 Å². The first-order valence-corrected chi connectivity index (χ1v) is 6.88. The minimum atomic E-state index is -0.287. The molecule has 1 aliphatic rings. The van der Waals surface area contributed by atoms with Gasteiger partial charge in [0.15, 0.2) is 0 Å². The van der Waals surface area contributed by atoms with Crippen molar-refractivity contribution in [1.82, 2.24) is 0 Å². The lowest BCUT2D eigenvalue weighted by atomic mass is 9.90. The highest BCUT2D eigenvalue weighted by molar-refractivity contribution is 5.89. The van der Waals surface area contributed by atoms with Crippen molar-refractivity contribution in [2.45, 2.75) is 40.2 Å². The Hall–Kier alpha value is -1.77. The van der Waals surface area contributed by atoms with Crippen molar-refractivity contribution in [2.24, 2.45) is 5.41 Å². The number of hydrogen-bond acceptors (Lipinski definition) is 3. The Bertz CT molecular complexity index is 532. The summed E-state index contributed by atoms with van der Waals surface area (Å²) < 4.78 is 11.0. The van der Waals surface area contributed by atoms with Crippen LogP contribution in [0.2, 0.25) is 0 Å². The number of aryl methyl sites for hydroxylation is 1. The van der Waals surface area contributed by atoms with E-state index >= 15 is 0 Å². The summed E-state index contributed by atoms with van der Waals surface area (Å²) in [7, 11) is 1.41. The van der Waals surface area contributed by atoms with Gasteiger partial charge in [-0.3, -0.25) is 0 Å². The van der Waals surface area contributed by atoms with E-state index in [1.54, 1.807) is 0 Å². The quantitative estimate of drug-likeness (QED) is 0.766. The molecule has 2 rings (SSSR count). The van der Waals surface area contributed by atoms with Gasteiger partial charge in [0.2, 0.25) is 0 Å². The second-order valence-electron chi connectivity index (χ2n) is 6.27. The molecule has 1 aromatic carbocycles. The number of hydrogen-bond donors (Lipinski definition) is 0. The fraction of sp³-hybridized carbons (Fsp3) is 0.471. The van der Waals surface area contributed by atoms with Gasteiger partial charge in [0.05, 0.1) is 12.7 Å². The van der Waals surface area contributed by atoms with Crippen LogP contribution in [0.5, 0.6) is 0 Å². The van der Waals surface area contributed by atoms with Crippen molar-refractivity contribution >= 4 is 5.97 Å². The number of methoxy groups -OCH3 is 1. The maximum absolute atomic E-state index is 11.9. The Kier molecular flexibility index (Phi) is 3.89. The number of allylic oxidation sites excluding steroid dienone is 1. The molecule has 1 unspecified atom stereocenters. The number of carbonyl (C=O) groups excluding carboxylic acids is 1. The molecule has 1 aliphatic heterocycles. The van der Waals surface area contributed by atoms with E-state index < -0.39 is 0 Å². The first-order valence-electron chi connectivity index (χ1n) is 6.88. The van der Waals surface area contributed by atoms with Gasteiger partial charge in [-0.1, -0.05) is 50.6 Å². The van der Waals surface area contributed by atoms with E-state index in [2.05, 4.69) is 31.2 Å². The second kappa shape index (κ2) is 5.31. The molecule has 0 aliphatic carbocycles. The molecule has 3 nitrogen and oxygen atoms in total. The van der Waals surface area contributed by atoms with Gasteiger partial charge in [-0.25, -0.2) is 4.79 Å². The van der Waals surface area contributed by atoms with Gasteiger partial charge >= 0.3 is 5.97 Å². The largest absolute Gasteiger partial charge is 0.489 e. The van der Waals surface area contributed by atoms with Crippen molar-refractivity contribution in [1.29, 1.82) is 0 Å². The minimum absolute atomic E-state index is 0.0982. The molecule has 108 valence electrons. The number of esters is 1. The normalized spacial score (nSPS) is 18.9. The van der Waals surface area contributed by atoms with E-state index in [4.69, 9.17) is 9.47 Å². The van der Waals surface area contributed by atoms with E-state index in [-0.39, 0.29) is 17.5 Å². The standard InChI is InChI=1S/C17H22O3/c1-11-6-8-12(9-7-11)14-10-13(16(18)19-5)15(20-14)17(2,3)4/h6-9,14H,10H2,1-5H3. The molecule has 0 N–H and O–H groups in total. The molecule has 0 aromatic heterocycles. The molecule has 0 fully saturated rings. The first-order chi connectivity index (χ1) is 9.32. The molecular formula is C17H22O3. The van der Waals surface area contributed by atoms with E-state index in [0.717, 1.165) is 11.3 Å². The number of carbonyl (C=O) groups is 1. The van der Waals surface area contributed by atoms with Crippen LogP contribution in [-0.4, -0.2) is 13.1 Å². The Morgan fingerprint density at radius 1 is 1.25 bits per heavy atom. The lowest BCUT2D eigenvalue weighted by Gasteiger charge is -2.23. The maximum Gasteiger partial charge on any atom is 0.337 e. The molecule has 0 radical (unpaired) electrons. The predicted octanol–water partition coefficient (Wildman–Crippen LogP) is 3.93. The summed E-state index contributed by atoms with van der Waals surface area (Å²) in [4.78, 5) is 11.9. The molecule has 0 saturated heterocycles. The lowest BCUT2D eigenvalue weighted by molar-refractivity contribution is -0.136. The highest BCUT2D eigenvalue weighted by Gasteiger charge is 2.37. The van der Waals surface area contributed by atoms with Gasteiger partial charge in [0, 0.05) is 11.8 Å². The van der Waals surface area contributed by atoms with Crippen molar-refractivity contribution in [2.75, 3.05) is 7.11 Å². The summed E-state index contributed by atoms with van der Waals surface area (Å²) in [5.41, 5.74) is 2.76. The summed E-state index contributed by atoms with van der Waals surface area (Å²) >= 11 is 0. The Morgan fingerprint density at radius 2 is 1.85 bits per heavy atom. The summed E-state index contributed by atoms with van der Waals surface area (Å²) in [6.07, 6.45) is 0.474. The zero-order valence-electron chi connectivity index (χ0n) is 12.8. The lowest BCUT2D eigenvalue weighted by Crippen LogP contribution is -2.14. The van der Waals surface area contributed by atoms with Crippen LogP contribution in [0.25, 0.3) is 0 Å².